The third kappa shape index (κ3) is 4.07. The van der Waals surface area contributed by atoms with Crippen molar-refractivity contribution in [3.05, 3.63) is 126 Å². The molecule has 2 nitrogen and oxygen atoms in total. The molecule has 7 rings (SSSR count). The third-order valence-electron chi connectivity index (χ3n) is 7.58. The van der Waals surface area contributed by atoms with Gasteiger partial charge in [-0.1, -0.05) is 85.4 Å². The molecule has 0 aliphatic rings. The van der Waals surface area contributed by atoms with Crippen LogP contribution in [0.15, 0.2) is 115 Å². The van der Waals surface area contributed by atoms with Gasteiger partial charge in [0.15, 0.2) is 0 Å². The molecule has 1 heterocycles. The summed E-state index contributed by atoms with van der Waals surface area (Å²) in [6.45, 7) is 5.45. The van der Waals surface area contributed by atoms with Crippen molar-refractivity contribution in [3.8, 4) is 5.75 Å². The van der Waals surface area contributed by atoms with E-state index in [0.29, 0.717) is 11.3 Å². The van der Waals surface area contributed by atoms with Gasteiger partial charge in [0.1, 0.15) is 5.75 Å². The van der Waals surface area contributed by atoms with Crippen molar-refractivity contribution in [2.45, 2.75) is 19.8 Å². The van der Waals surface area contributed by atoms with E-state index in [1.807, 2.05) is 35.6 Å². The number of benzene rings is 6. The molecule has 188 valence electrons. The minimum absolute atomic E-state index is 0.392. The molecular weight excluding hydrogens is 496 g/mol. The molecule has 0 radical (unpaired) electrons. The number of esters is 1. The van der Waals surface area contributed by atoms with Crippen LogP contribution in [-0.2, 0) is 17.6 Å². The van der Waals surface area contributed by atoms with Gasteiger partial charge in [0, 0.05) is 25.7 Å². The Kier molecular flexibility index (Phi) is 5.68. The predicted molar refractivity (Wildman–Crippen MR) is 166 cm³/mol. The fraction of sp³-hybridized carbons (Fsp3) is 0.0833. The fourth-order valence-electron chi connectivity index (χ4n) is 5.65. The smallest absolute Gasteiger partial charge is 0.338 e. The predicted octanol–water partition coefficient (Wildman–Crippen LogP) is 9.78. The number of aryl methyl sites for hydroxylation is 2. The number of hydrogen-bond acceptors (Lipinski definition) is 3. The van der Waals surface area contributed by atoms with Crippen molar-refractivity contribution in [1.82, 2.24) is 0 Å². The quantitative estimate of drug-likeness (QED) is 0.128. The SMILES string of the molecule is C=C(C)C(=O)Oc1cc2ccccc2cc1CCc1cc2ccccc2c2c1sc1ccc3ccccc3c12. The van der Waals surface area contributed by atoms with Gasteiger partial charge in [0.2, 0.25) is 0 Å². The lowest BCUT2D eigenvalue weighted by molar-refractivity contribution is -0.130. The van der Waals surface area contributed by atoms with Crippen LogP contribution in [0.3, 0.4) is 0 Å². The molecule has 0 saturated heterocycles. The summed E-state index contributed by atoms with van der Waals surface area (Å²) in [5, 5.41) is 9.97. The number of thiophene rings is 1. The molecule has 0 bridgehead atoms. The maximum absolute atomic E-state index is 12.5. The van der Waals surface area contributed by atoms with Crippen molar-refractivity contribution < 1.29 is 9.53 Å². The van der Waals surface area contributed by atoms with Crippen molar-refractivity contribution >= 4 is 69.8 Å². The average molecular weight is 523 g/mol. The van der Waals surface area contributed by atoms with Gasteiger partial charge in [-0.15, -0.1) is 11.3 Å². The molecule has 7 aromatic rings. The van der Waals surface area contributed by atoms with Gasteiger partial charge in [-0.3, -0.25) is 0 Å². The highest BCUT2D eigenvalue weighted by molar-refractivity contribution is 7.26. The monoisotopic (exact) mass is 522 g/mol. The van der Waals surface area contributed by atoms with E-state index >= 15 is 0 Å². The molecule has 0 unspecified atom stereocenters. The molecule has 0 atom stereocenters. The molecule has 6 aromatic carbocycles. The molecule has 0 aliphatic heterocycles. The second kappa shape index (κ2) is 9.37. The van der Waals surface area contributed by atoms with Gasteiger partial charge < -0.3 is 4.74 Å². The van der Waals surface area contributed by atoms with Crippen LogP contribution in [0, 0.1) is 0 Å². The number of carbonyl (C=O) groups excluding carboxylic acids is 1. The average Bonchev–Trinajstić information content (AvgIpc) is 3.36. The minimum Gasteiger partial charge on any atom is -0.423 e. The van der Waals surface area contributed by atoms with Crippen molar-refractivity contribution in [2.75, 3.05) is 0 Å². The number of carbonyl (C=O) groups is 1. The number of rotatable bonds is 5. The molecular formula is C36H26O2S. The van der Waals surface area contributed by atoms with E-state index in [1.165, 1.54) is 47.3 Å². The summed E-state index contributed by atoms with van der Waals surface area (Å²) in [7, 11) is 0. The van der Waals surface area contributed by atoms with Gasteiger partial charge in [0.05, 0.1) is 0 Å². The molecule has 3 heteroatoms. The minimum atomic E-state index is -0.393. The van der Waals surface area contributed by atoms with E-state index in [-0.39, 0.29) is 0 Å². The van der Waals surface area contributed by atoms with Crippen LogP contribution in [0.1, 0.15) is 18.1 Å². The zero-order valence-electron chi connectivity index (χ0n) is 21.7. The van der Waals surface area contributed by atoms with Crippen LogP contribution in [0.25, 0.3) is 52.5 Å². The van der Waals surface area contributed by atoms with Crippen LogP contribution in [0.5, 0.6) is 5.75 Å². The lowest BCUT2D eigenvalue weighted by atomic mass is 9.94. The van der Waals surface area contributed by atoms with E-state index in [4.69, 9.17) is 4.74 Å². The Labute approximate surface area is 230 Å². The highest BCUT2D eigenvalue weighted by Gasteiger charge is 2.17. The molecule has 0 aliphatic carbocycles. The highest BCUT2D eigenvalue weighted by atomic mass is 32.1. The Morgan fingerprint density at radius 3 is 2.03 bits per heavy atom. The van der Waals surface area contributed by atoms with Crippen LogP contribution in [0.4, 0.5) is 0 Å². The third-order valence-corrected chi connectivity index (χ3v) is 8.81. The van der Waals surface area contributed by atoms with Crippen LogP contribution < -0.4 is 4.74 Å². The summed E-state index contributed by atoms with van der Waals surface area (Å²) in [5.74, 6) is 0.220. The normalized spacial score (nSPS) is 11.6. The summed E-state index contributed by atoms with van der Waals surface area (Å²) < 4.78 is 8.46. The van der Waals surface area contributed by atoms with E-state index in [9.17, 15) is 4.79 Å². The van der Waals surface area contributed by atoms with Crippen LogP contribution in [-0.4, -0.2) is 5.97 Å². The molecule has 0 amide bonds. The van der Waals surface area contributed by atoms with Gasteiger partial charge in [-0.25, -0.2) is 4.79 Å². The second-order valence-corrected chi connectivity index (χ2v) is 11.3. The summed E-state index contributed by atoms with van der Waals surface area (Å²) in [4.78, 5) is 12.5. The Morgan fingerprint density at radius 1 is 0.692 bits per heavy atom. The summed E-state index contributed by atoms with van der Waals surface area (Å²) in [6.07, 6.45) is 1.59. The number of fused-ring (bicyclic) bond motifs is 8. The largest absolute Gasteiger partial charge is 0.423 e. The van der Waals surface area contributed by atoms with E-state index < -0.39 is 5.97 Å². The van der Waals surface area contributed by atoms with Gasteiger partial charge in [0.25, 0.3) is 0 Å². The fourth-order valence-corrected chi connectivity index (χ4v) is 6.93. The second-order valence-electron chi connectivity index (χ2n) is 10.2. The van der Waals surface area contributed by atoms with Crippen molar-refractivity contribution in [3.63, 3.8) is 0 Å². The number of hydrogen-bond donors (Lipinski definition) is 0. The van der Waals surface area contributed by atoms with E-state index in [2.05, 4.69) is 85.4 Å². The first-order valence-corrected chi connectivity index (χ1v) is 14.0. The topological polar surface area (TPSA) is 26.3 Å². The summed E-state index contributed by atoms with van der Waals surface area (Å²) in [5.41, 5.74) is 2.73. The van der Waals surface area contributed by atoms with Crippen molar-refractivity contribution in [1.29, 1.82) is 0 Å². The lowest BCUT2D eigenvalue weighted by Crippen LogP contribution is -2.10. The Morgan fingerprint density at radius 2 is 1.28 bits per heavy atom. The molecule has 0 fully saturated rings. The molecule has 1 aromatic heterocycles. The molecule has 39 heavy (non-hydrogen) atoms. The molecule has 0 saturated carbocycles. The summed E-state index contributed by atoms with van der Waals surface area (Å²) in [6, 6.07) is 36.5. The Balaban J connectivity index is 1.40. The van der Waals surface area contributed by atoms with E-state index in [1.54, 1.807) is 6.92 Å². The number of ether oxygens (including phenoxy) is 1. The van der Waals surface area contributed by atoms with Crippen LogP contribution >= 0.6 is 11.3 Å². The Hall–Kier alpha value is -4.47. The van der Waals surface area contributed by atoms with E-state index in [0.717, 1.165) is 29.2 Å². The molecule has 0 N–H and O–H groups in total. The zero-order chi connectivity index (χ0) is 26.5. The van der Waals surface area contributed by atoms with Crippen molar-refractivity contribution in [2.24, 2.45) is 0 Å². The zero-order valence-corrected chi connectivity index (χ0v) is 22.5. The first kappa shape index (κ1) is 23.6. The van der Waals surface area contributed by atoms with Gasteiger partial charge >= 0.3 is 5.97 Å². The summed E-state index contributed by atoms with van der Waals surface area (Å²) >= 11 is 1.88. The Bertz CT molecular complexity index is 2100. The maximum atomic E-state index is 12.5. The standard InChI is InChI=1S/C36H26O2S/c1-22(2)36(37)38-31-21-25-11-4-3-10-24(25)19-27(31)15-16-28-20-26-12-6-8-14-30(26)34-33-29-13-7-5-9-23(29)17-18-32(33)39-35(28)34/h3-14,17-21H,1,15-16H2,2H3. The van der Waals surface area contributed by atoms with Crippen LogP contribution in [0.2, 0.25) is 0 Å². The molecule has 0 spiro atoms. The van der Waals surface area contributed by atoms with Gasteiger partial charge in [-0.05, 0) is 87.5 Å². The van der Waals surface area contributed by atoms with Gasteiger partial charge in [-0.2, -0.15) is 0 Å². The first-order valence-electron chi connectivity index (χ1n) is 13.2. The maximum Gasteiger partial charge on any atom is 0.338 e. The first-order chi connectivity index (χ1) is 19.1. The lowest BCUT2D eigenvalue weighted by Gasteiger charge is -2.13. The highest BCUT2D eigenvalue weighted by Crippen LogP contribution is 2.44.